The second-order valence-corrected chi connectivity index (χ2v) is 5.64. The van der Waals surface area contributed by atoms with Crippen LogP contribution in [0.2, 0.25) is 5.02 Å². The van der Waals surface area contributed by atoms with E-state index >= 15 is 0 Å². The predicted octanol–water partition coefficient (Wildman–Crippen LogP) is 3.76. The van der Waals surface area contributed by atoms with Crippen LogP contribution < -0.4 is 10.2 Å². The molecule has 0 fully saturated rings. The first kappa shape index (κ1) is 13.7. The standard InChI is InChI=1S/C15H10ClN3OS/c16-11-7-5-10(6-8-11)9-17-19-15-18-13-4-2-1-3-12(13)14(20)21-15/h1-9H,(H,18,19)/b17-9-. The molecule has 6 heteroatoms. The Bertz CT molecular complexity index is 859. The molecule has 0 aliphatic heterocycles. The van der Waals surface area contributed by atoms with Crippen LogP contribution in [0, 0.1) is 0 Å². The van der Waals surface area contributed by atoms with Gasteiger partial charge in [0.2, 0.25) is 9.87 Å². The summed E-state index contributed by atoms with van der Waals surface area (Å²) in [7, 11) is 0. The number of nitrogens with zero attached hydrogens (tertiary/aromatic N) is 2. The smallest absolute Gasteiger partial charge is 0.245 e. The van der Waals surface area contributed by atoms with Gasteiger partial charge in [0.25, 0.3) is 0 Å². The molecule has 1 heterocycles. The summed E-state index contributed by atoms with van der Waals surface area (Å²) in [5.74, 6) is 0. The van der Waals surface area contributed by atoms with Crippen molar-refractivity contribution < 1.29 is 0 Å². The Balaban J connectivity index is 1.82. The van der Waals surface area contributed by atoms with Gasteiger partial charge >= 0.3 is 0 Å². The number of para-hydroxylation sites is 1. The number of hydrogen-bond donors (Lipinski definition) is 1. The largest absolute Gasteiger partial charge is 0.277 e. The van der Waals surface area contributed by atoms with Crippen LogP contribution in [-0.2, 0) is 0 Å². The maximum atomic E-state index is 11.9. The van der Waals surface area contributed by atoms with Crippen molar-refractivity contribution in [3.05, 3.63) is 68.7 Å². The third-order valence-electron chi connectivity index (χ3n) is 2.78. The summed E-state index contributed by atoms with van der Waals surface area (Å²) in [6.45, 7) is 0. The van der Waals surface area contributed by atoms with Crippen molar-refractivity contribution in [1.29, 1.82) is 0 Å². The highest BCUT2D eigenvalue weighted by Gasteiger charge is 2.02. The lowest BCUT2D eigenvalue weighted by molar-refractivity contribution is 1.30. The van der Waals surface area contributed by atoms with Gasteiger partial charge in [0, 0.05) is 5.02 Å². The van der Waals surface area contributed by atoms with Gasteiger partial charge in [0.05, 0.1) is 17.1 Å². The first-order valence-electron chi connectivity index (χ1n) is 6.17. The number of benzene rings is 2. The molecule has 3 rings (SSSR count). The van der Waals surface area contributed by atoms with Crippen molar-refractivity contribution >= 4 is 45.2 Å². The Labute approximate surface area is 129 Å². The maximum Gasteiger partial charge on any atom is 0.245 e. The fraction of sp³-hybridized carbons (Fsp3) is 0. The van der Waals surface area contributed by atoms with Gasteiger partial charge in [-0.25, -0.2) is 4.98 Å². The van der Waals surface area contributed by atoms with E-state index in [0.717, 1.165) is 16.9 Å². The molecule has 104 valence electrons. The molecule has 2 aromatic carbocycles. The number of rotatable bonds is 3. The van der Waals surface area contributed by atoms with E-state index in [9.17, 15) is 4.79 Å². The zero-order valence-corrected chi connectivity index (χ0v) is 12.4. The van der Waals surface area contributed by atoms with E-state index in [1.165, 1.54) is 0 Å². The second-order valence-electron chi connectivity index (χ2n) is 4.25. The summed E-state index contributed by atoms with van der Waals surface area (Å²) in [4.78, 5) is 16.3. The maximum absolute atomic E-state index is 11.9. The van der Waals surface area contributed by atoms with Crippen LogP contribution in [0.1, 0.15) is 5.56 Å². The fourth-order valence-electron chi connectivity index (χ4n) is 1.78. The van der Waals surface area contributed by atoms with Crippen LogP contribution in [0.15, 0.2) is 58.4 Å². The van der Waals surface area contributed by atoms with Crippen LogP contribution in [-0.4, -0.2) is 11.2 Å². The van der Waals surface area contributed by atoms with E-state index < -0.39 is 0 Å². The van der Waals surface area contributed by atoms with Crippen LogP contribution in [0.25, 0.3) is 10.9 Å². The predicted molar refractivity (Wildman–Crippen MR) is 88.6 cm³/mol. The highest BCUT2D eigenvalue weighted by Crippen LogP contribution is 2.14. The van der Waals surface area contributed by atoms with Crippen molar-refractivity contribution in [3.63, 3.8) is 0 Å². The van der Waals surface area contributed by atoms with Crippen molar-refractivity contribution in [2.24, 2.45) is 5.10 Å². The fourth-order valence-corrected chi connectivity index (χ4v) is 2.60. The Kier molecular flexibility index (Phi) is 3.94. The summed E-state index contributed by atoms with van der Waals surface area (Å²) in [5.41, 5.74) is 4.35. The zero-order chi connectivity index (χ0) is 14.7. The third kappa shape index (κ3) is 3.26. The molecule has 0 atom stereocenters. The average Bonchev–Trinajstić information content (AvgIpc) is 2.49. The molecular formula is C15H10ClN3OS. The third-order valence-corrected chi connectivity index (χ3v) is 3.81. The lowest BCUT2D eigenvalue weighted by Crippen LogP contribution is -2.00. The van der Waals surface area contributed by atoms with Gasteiger partial charge < -0.3 is 0 Å². The number of hydrazone groups is 1. The minimum absolute atomic E-state index is 0.0372. The van der Waals surface area contributed by atoms with E-state index in [1.54, 1.807) is 30.5 Å². The topological polar surface area (TPSA) is 54.4 Å². The Morgan fingerprint density at radius 3 is 2.71 bits per heavy atom. The summed E-state index contributed by atoms with van der Waals surface area (Å²) in [6, 6.07) is 14.5. The number of halogens is 1. The normalized spacial score (nSPS) is 11.1. The highest BCUT2D eigenvalue weighted by molar-refractivity contribution is 7.13. The molecule has 1 N–H and O–H groups in total. The minimum atomic E-state index is -0.0372. The quantitative estimate of drug-likeness (QED) is 0.591. The lowest BCUT2D eigenvalue weighted by atomic mass is 10.2. The van der Waals surface area contributed by atoms with Gasteiger partial charge in [-0.1, -0.05) is 47.2 Å². The summed E-state index contributed by atoms with van der Waals surface area (Å²) >= 11 is 6.84. The first-order chi connectivity index (χ1) is 10.2. The van der Waals surface area contributed by atoms with Crippen molar-refractivity contribution in [1.82, 2.24) is 4.98 Å². The van der Waals surface area contributed by atoms with Gasteiger partial charge in [0.15, 0.2) is 0 Å². The van der Waals surface area contributed by atoms with E-state index in [1.807, 2.05) is 24.3 Å². The van der Waals surface area contributed by atoms with Gasteiger partial charge in [-0.2, -0.15) is 5.10 Å². The molecule has 0 spiro atoms. The van der Waals surface area contributed by atoms with E-state index in [2.05, 4.69) is 15.5 Å². The van der Waals surface area contributed by atoms with E-state index in [-0.39, 0.29) is 4.74 Å². The van der Waals surface area contributed by atoms with Gasteiger partial charge in [0.1, 0.15) is 0 Å². The zero-order valence-electron chi connectivity index (χ0n) is 10.8. The molecule has 4 nitrogen and oxygen atoms in total. The van der Waals surface area contributed by atoms with Crippen LogP contribution in [0.4, 0.5) is 5.13 Å². The van der Waals surface area contributed by atoms with E-state index in [4.69, 9.17) is 11.6 Å². The molecular weight excluding hydrogens is 306 g/mol. The second kappa shape index (κ2) is 6.03. The Morgan fingerprint density at radius 1 is 1.14 bits per heavy atom. The van der Waals surface area contributed by atoms with Crippen LogP contribution in [0.3, 0.4) is 0 Å². The van der Waals surface area contributed by atoms with Crippen molar-refractivity contribution in [3.8, 4) is 0 Å². The molecule has 21 heavy (non-hydrogen) atoms. The van der Waals surface area contributed by atoms with Crippen LogP contribution in [0.5, 0.6) is 0 Å². The van der Waals surface area contributed by atoms with Gasteiger partial charge in [-0.15, -0.1) is 0 Å². The number of nitrogens with one attached hydrogen (secondary N) is 1. The number of hydrogen-bond acceptors (Lipinski definition) is 5. The highest BCUT2D eigenvalue weighted by atomic mass is 35.5. The molecule has 0 bridgehead atoms. The molecule has 0 saturated carbocycles. The summed E-state index contributed by atoms with van der Waals surface area (Å²) in [5, 5.41) is 5.84. The Hall–Kier alpha value is -2.24. The van der Waals surface area contributed by atoms with Crippen molar-refractivity contribution in [2.75, 3.05) is 5.43 Å². The summed E-state index contributed by atoms with van der Waals surface area (Å²) < 4.78 is -0.0372. The molecule has 0 amide bonds. The van der Waals surface area contributed by atoms with E-state index in [0.29, 0.717) is 21.1 Å². The molecule has 0 aliphatic rings. The molecule has 0 unspecified atom stereocenters. The number of aromatic nitrogens is 1. The molecule has 0 aliphatic carbocycles. The molecule has 3 aromatic rings. The monoisotopic (exact) mass is 315 g/mol. The lowest BCUT2D eigenvalue weighted by Gasteiger charge is -2.00. The average molecular weight is 316 g/mol. The van der Waals surface area contributed by atoms with Gasteiger partial charge in [-0.3, -0.25) is 10.2 Å². The first-order valence-corrected chi connectivity index (χ1v) is 7.36. The van der Waals surface area contributed by atoms with Crippen molar-refractivity contribution in [2.45, 2.75) is 0 Å². The minimum Gasteiger partial charge on any atom is -0.277 e. The number of anilines is 1. The summed E-state index contributed by atoms with van der Waals surface area (Å²) in [6.07, 6.45) is 1.64. The SMILES string of the molecule is O=c1sc(N/N=C\c2ccc(Cl)cc2)nc2ccccc12. The van der Waals surface area contributed by atoms with Crippen LogP contribution >= 0.6 is 22.9 Å². The Morgan fingerprint density at radius 2 is 1.90 bits per heavy atom. The van der Waals surface area contributed by atoms with Gasteiger partial charge in [-0.05, 0) is 29.8 Å². The molecule has 0 radical (unpaired) electrons. The molecule has 0 saturated heterocycles. The molecule has 1 aromatic heterocycles. The number of fused-ring (bicyclic) bond motifs is 1.